The lowest BCUT2D eigenvalue weighted by molar-refractivity contribution is 0.0247. The lowest BCUT2D eigenvalue weighted by Crippen LogP contribution is -2.49. The molecular formula is C19H22FN3O5. The van der Waals surface area contributed by atoms with Crippen LogP contribution < -0.4 is 20.9 Å². The number of benzene rings is 1. The highest BCUT2D eigenvalue weighted by Gasteiger charge is 2.35. The summed E-state index contributed by atoms with van der Waals surface area (Å²) in [5.74, 6) is -1.67. The van der Waals surface area contributed by atoms with E-state index in [0.717, 1.165) is 0 Å². The summed E-state index contributed by atoms with van der Waals surface area (Å²) in [6.45, 7) is 2.79. The van der Waals surface area contributed by atoms with Crippen molar-refractivity contribution in [1.82, 2.24) is 4.57 Å². The fourth-order valence-electron chi connectivity index (χ4n) is 4.07. The molecule has 3 heterocycles. The van der Waals surface area contributed by atoms with Crippen molar-refractivity contribution in [1.29, 1.82) is 0 Å². The molecule has 0 saturated carbocycles. The maximum absolute atomic E-state index is 15.1. The number of carboxylic acids is 1. The smallest absolute Gasteiger partial charge is 0.341 e. The third-order valence-corrected chi connectivity index (χ3v) is 5.73. The Hall–Kier alpha value is -2.65. The number of carbonyl (C=O) groups is 1. The zero-order chi connectivity index (χ0) is 20.2. The first-order valence-electron chi connectivity index (χ1n) is 9.21. The van der Waals surface area contributed by atoms with Gasteiger partial charge in [0.15, 0.2) is 11.6 Å². The fourth-order valence-corrected chi connectivity index (χ4v) is 4.07. The number of pyridine rings is 1. The van der Waals surface area contributed by atoms with Crippen LogP contribution in [0.2, 0.25) is 0 Å². The highest BCUT2D eigenvalue weighted by atomic mass is 19.1. The van der Waals surface area contributed by atoms with E-state index in [0.29, 0.717) is 36.8 Å². The molecule has 0 bridgehead atoms. The van der Waals surface area contributed by atoms with Crippen molar-refractivity contribution < 1.29 is 24.1 Å². The third kappa shape index (κ3) is 2.73. The second kappa shape index (κ2) is 6.46. The molecule has 0 radical (unpaired) electrons. The molecule has 1 fully saturated rings. The first kappa shape index (κ1) is 18.7. The number of nitrogens with zero attached hydrogens (tertiary/aromatic N) is 2. The largest absolute Gasteiger partial charge is 0.487 e. The van der Waals surface area contributed by atoms with Crippen molar-refractivity contribution in [3.8, 4) is 5.75 Å². The zero-order valence-corrected chi connectivity index (χ0v) is 15.4. The molecule has 0 spiro atoms. The Balaban J connectivity index is 1.92. The maximum atomic E-state index is 15.1. The summed E-state index contributed by atoms with van der Waals surface area (Å²) in [5.41, 5.74) is 4.26. The normalized spacial score (nSPS) is 20.9. The number of rotatable bonds is 3. The summed E-state index contributed by atoms with van der Waals surface area (Å²) >= 11 is 0. The first-order chi connectivity index (χ1) is 13.3. The number of hydrogen-bond donors (Lipinski definition) is 3. The minimum Gasteiger partial charge on any atom is -0.487 e. The van der Waals surface area contributed by atoms with Gasteiger partial charge >= 0.3 is 5.97 Å². The Labute approximate surface area is 159 Å². The molecule has 2 aliphatic rings. The Bertz CT molecular complexity index is 1030. The molecule has 2 aromatic rings. The third-order valence-electron chi connectivity index (χ3n) is 5.73. The average Bonchev–Trinajstić information content (AvgIpc) is 2.66. The average molecular weight is 391 g/mol. The number of halogens is 1. The number of aliphatic hydroxyl groups is 1. The van der Waals surface area contributed by atoms with Gasteiger partial charge in [0.1, 0.15) is 17.9 Å². The number of carboxylic acid groups (broad SMARTS) is 1. The van der Waals surface area contributed by atoms with Gasteiger partial charge in [-0.05, 0) is 31.9 Å². The topological polar surface area (TPSA) is 118 Å². The second-order valence-electron chi connectivity index (χ2n) is 7.59. The van der Waals surface area contributed by atoms with Crippen LogP contribution in [0.5, 0.6) is 5.75 Å². The first-order valence-corrected chi connectivity index (χ1v) is 9.21. The van der Waals surface area contributed by atoms with Crippen LogP contribution in [0, 0.1) is 5.82 Å². The van der Waals surface area contributed by atoms with Gasteiger partial charge in [-0.3, -0.25) is 9.36 Å². The van der Waals surface area contributed by atoms with Gasteiger partial charge < -0.3 is 25.6 Å². The van der Waals surface area contributed by atoms with Gasteiger partial charge in [0, 0.05) is 25.0 Å². The summed E-state index contributed by atoms with van der Waals surface area (Å²) in [6.07, 6.45) is 0.781. The van der Waals surface area contributed by atoms with E-state index in [-0.39, 0.29) is 30.6 Å². The molecule has 0 unspecified atom stereocenters. The molecule has 150 valence electrons. The Morgan fingerprint density at radius 3 is 2.68 bits per heavy atom. The molecule has 1 saturated heterocycles. The minimum atomic E-state index is -1.35. The van der Waals surface area contributed by atoms with E-state index in [2.05, 4.69) is 0 Å². The highest BCUT2D eigenvalue weighted by molar-refractivity contribution is 5.97. The van der Waals surface area contributed by atoms with Gasteiger partial charge in [-0.15, -0.1) is 0 Å². The molecule has 1 aromatic heterocycles. The maximum Gasteiger partial charge on any atom is 0.341 e. The molecule has 1 aromatic carbocycles. The van der Waals surface area contributed by atoms with Gasteiger partial charge in [-0.25, -0.2) is 9.18 Å². The molecule has 9 heteroatoms. The van der Waals surface area contributed by atoms with Gasteiger partial charge in [-0.2, -0.15) is 0 Å². The lowest BCUT2D eigenvalue weighted by Gasteiger charge is -2.40. The molecule has 4 N–H and O–H groups in total. The van der Waals surface area contributed by atoms with E-state index in [4.69, 9.17) is 10.5 Å². The number of piperidine rings is 1. The number of aromatic nitrogens is 1. The van der Waals surface area contributed by atoms with Crippen LogP contribution in [0.1, 0.15) is 36.2 Å². The van der Waals surface area contributed by atoms with Crippen molar-refractivity contribution in [3.05, 3.63) is 33.9 Å². The van der Waals surface area contributed by atoms with Crippen molar-refractivity contribution in [3.63, 3.8) is 0 Å². The van der Waals surface area contributed by atoms with Crippen molar-refractivity contribution in [2.24, 2.45) is 5.73 Å². The summed E-state index contributed by atoms with van der Waals surface area (Å²) < 4.78 is 22.3. The van der Waals surface area contributed by atoms with Crippen molar-refractivity contribution in [2.75, 3.05) is 31.1 Å². The fraction of sp³-hybridized carbons (Fsp3) is 0.474. The van der Waals surface area contributed by atoms with E-state index >= 15 is 4.39 Å². The van der Waals surface area contributed by atoms with E-state index in [9.17, 15) is 19.8 Å². The molecule has 28 heavy (non-hydrogen) atoms. The van der Waals surface area contributed by atoms with Crippen molar-refractivity contribution in [2.45, 2.75) is 31.4 Å². The predicted octanol–water partition coefficient (Wildman–Crippen LogP) is 1.08. The molecule has 0 aliphatic carbocycles. The van der Waals surface area contributed by atoms with Crippen LogP contribution in [-0.4, -0.2) is 52.6 Å². The molecule has 0 amide bonds. The number of anilines is 1. The molecule has 4 rings (SSSR count). The van der Waals surface area contributed by atoms with Gasteiger partial charge in [0.25, 0.3) is 5.56 Å². The van der Waals surface area contributed by atoms with E-state index in [1.54, 1.807) is 11.8 Å². The summed E-state index contributed by atoms with van der Waals surface area (Å²) in [4.78, 5) is 26.0. The molecule has 2 aliphatic heterocycles. The van der Waals surface area contributed by atoms with E-state index in [1.165, 1.54) is 16.7 Å². The highest BCUT2D eigenvalue weighted by Crippen LogP contribution is 2.43. The van der Waals surface area contributed by atoms with Crippen LogP contribution in [0.15, 0.2) is 16.9 Å². The number of aromatic carboxylic acids is 1. The van der Waals surface area contributed by atoms with Crippen molar-refractivity contribution >= 4 is 22.6 Å². The predicted molar refractivity (Wildman–Crippen MR) is 101 cm³/mol. The molecular weight excluding hydrogens is 369 g/mol. The van der Waals surface area contributed by atoms with Crippen LogP contribution in [0.25, 0.3) is 10.9 Å². The Morgan fingerprint density at radius 2 is 2.07 bits per heavy atom. The molecule has 1 atom stereocenters. The summed E-state index contributed by atoms with van der Waals surface area (Å²) in [7, 11) is 0. The Kier molecular flexibility index (Phi) is 4.31. The van der Waals surface area contributed by atoms with E-state index in [1.807, 2.05) is 0 Å². The standard InChI is InChI=1S/C19H22FN3O5/c1-10-8-28-16-14-11(6-12(18(25)26)17(24)23(10)14)7-13(20)15(16)22-4-2-19(27,9-21)3-5-22/h6-7,10,27H,2-5,8-9,21H2,1H3,(H,25,26)/t10-/m0/s1. The van der Waals surface area contributed by atoms with Gasteiger partial charge in [0.2, 0.25) is 0 Å². The number of ether oxygens (including phenoxy) is 1. The van der Waals surface area contributed by atoms with Crippen LogP contribution in [0.3, 0.4) is 0 Å². The SMILES string of the molecule is C[C@H]1COc2c(N3CCC(O)(CN)CC3)c(F)cc3cc(C(=O)O)c(=O)n1c23. The van der Waals surface area contributed by atoms with Crippen LogP contribution in [-0.2, 0) is 0 Å². The van der Waals surface area contributed by atoms with Gasteiger partial charge in [-0.1, -0.05) is 0 Å². The zero-order valence-electron chi connectivity index (χ0n) is 15.4. The van der Waals surface area contributed by atoms with E-state index < -0.39 is 28.5 Å². The van der Waals surface area contributed by atoms with Crippen LogP contribution in [0.4, 0.5) is 10.1 Å². The van der Waals surface area contributed by atoms with Crippen LogP contribution >= 0.6 is 0 Å². The number of nitrogens with two attached hydrogens (primary N) is 1. The molecule has 8 nitrogen and oxygen atoms in total. The quantitative estimate of drug-likeness (QED) is 0.717. The Morgan fingerprint density at radius 1 is 1.39 bits per heavy atom. The number of hydrogen-bond acceptors (Lipinski definition) is 6. The minimum absolute atomic E-state index is 0.127. The van der Waals surface area contributed by atoms with Gasteiger partial charge in [0.05, 0.1) is 17.2 Å². The summed E-state index contributed by atoms with van der Waals surface area (Å²) in [5, 5.41) is 20.0. The lowest BCUT2D eigenvalue weighted by atomic mass is 9.91. The summed E-state index contributed by atoms with van der Waals surface area (Å²) in [6, 6.07) is 2.04. The monoisotopic (exact) mass is 391 g/mol. The second-order valence-corrected chi connectivity index (χ2v) is 7.59.